The average molecular weight is 243 g/mol. The minimum atomic E-state index is -0.834. The number of carbonyl (C=O) groups is 1. The predicted octanol–water partition coefficient (Wildman–Crippen LogP) is 2.83. The number of rotatable bonds is 6. The maximum Gasteiger partial charge on any atom is 0.309 e. The average Bonchev–Trinajstić information content (AvgIpc) is 2.50. The number of nitrogens with zero attached hydrogens (tertiary/aromatic N) is 1. The highest BCUT2D eigenvalue weighted by Gasteiger charge is 2.06. The van der Waals surface area contributed by atoms with Gasteiger partial charge < -0.3 is 5.11 Å². The highest BCUT2D eigenvalue weighted by atomic mass is 32.2. The Morgan fingerprint density at radius 1 is 1.73 bits per heavy atom. The highest BCUT2D eigenvalue weighted by molar-refractivity contribution is 8.01. The number of hydrogen-bond acceptors (Lipinski definition) is 4. The fraction of sp³-hybridized carbons (Fsp3) is 0.400. The van der Waals surface area contributed by atoms with Crippen LogP contribution < -0.4 is 0 Å². The van der Waals surface area contributed by atoms with Gasteiger partial charge in [0.2, 0.25) is 0 Å². The van der Waals surface area contributed by atoms with E-state index in [1.807, 2.05) is 6.92 Å². The number of thiazole rings is 1. The molecule has 0 atom stereocenters. The van der Waals surface area contributed by atoms with Crippen LogP contribution in [0.5, 0.6) is 0 Å². The maximum atomic E-state index is 10.4. The second kappa shape index (κ2) is 5.92. The van der Waals surface area contributed by atoms with Crippen molar-refractivity contribution in [1.82, 2.24) is 4.98 Å². The summed E-state index contributed by atoms with van der Waals surface area (Å²) in [6, 6.07) is 0. The molecule has 1 heterocycles. The zero-order valence-electron chi connectivity index (χ0n) is 8.52. The maximum absolute atomic E-state index is 10.4. The molecular weight excluding hydrogens is 230 g/mol. The minimum absolute atomic E-state index is 0.0115. The largest absolute Gasteiger partial charge is 0.481 e. The van der Waals surface area contributed by atoms with Gasteiger partial charge in [-0.1, -0.05) is 17.3 Å². The second-order valence-electron chi connectivity index (χ2n) is 3.23. The number of thioether (sulfide) groups is 1. The van der Waals surface area contributed by atoms with E-state index in [-0.39, 0.29) is 6.42 Å². The van der Waals surface area contributed by atoms with E-state index < -0.39 is 5.97 Å². The molecule has 0 amide bonds. The third-order valence-corrected chi connectivity index (χ3v) is 3.69. The summed E-state index contributed by atoms with van der Waals surface area (Å²) in [6.07, 6.45) is 0.982. The fourth-order valence-electron chi connectivity index (χ4n) is 0.903. The molecule has 1 N–H and O–H groups in total. The lowest BCUT2D eigenvalue weighted by molar-refractivity contribution is -0.136. The highest BCUT2D eigenvalue weighted by Crippen LogP contribution is 2.24. The zero-order chi connectivity index (χ0) is 11.3. The van der Waals surface area contributed by atoms with Gasteiger partial charge in [-0.05, 0) is 13.3 Å². The molecule has 82 valence electrons. The Balaban J connectivity index is 2.39. The summed E-state index contributed by atoms with van der Waals surface area (Å²) in [5.74, 6) is 0.119. The number of carboxylic acids is 1. The summed E-state index contributed by atoms with van der Waals surface area (Å²) in [5.41, 5.74) is 1.80. The van der Waals surface area contributed by atoms with Crippen molar-refractivity contribution >= 4 is 29.1 Å². The van der Waals surface area contributed by atoms with Gasteiger partial charge in [-0.3, -0.25) is 4.79 Å². The van der Waals surface area contributed by atoms with E-state index in [0.29, 0.717) is 5.69 Å². The van der Waals surface area contributed by atoms with Crippen LogP contribution in [0.15, 0.2) is 21.9 Å². The third kappa shape index (κ3) is 4.99. The summed E-state index contributed by atoms with van der Waals surface area (Å²) >= 11 is 3.15. The number of carboxylic acid groups (broad SMARTS) is 1. The topological polar surface area (TPSA) is 50.2 Å². The Hall–Kier alpha value is -0.810. The normalized spacial score (nSPS) is 10.2. The molecule has 1 rings (SSSR count). The Bertz CT molecular complexity index is 360. The summed E-state index contributed by atoms with van der Waals surface area (Å²) in [5, 5.41) is 10.4. The van der Waals surface area contributed by atoms with Crippen molar-refractivity contribution in [2.75, 3.05) is 5.75 Å². The van der Waals surface area contributed by atoms with E-state index in [2.05, 4.69) is 11.6 Å². The first-order valence-electron chi connectivity index (χ1n) is 4.51. The molecule has 0 aromatic carbocycles. The first-order chi connectivity index (χ1) is 7.08. The van der Waals surface area contributed by atoms with Gasteiger partial charge in [0, 0.05) is 11.1 Å². The summed E-state index contributed by atoms with van der Waals surface area (Å²) < 4.78 is 0.938. The molecule has 0 bridgehead atoms. The van der Waals surface area contributed by atoms with Crippen LogP contribution in [0, 0.1) is 0 Å². The molecule has 0 aliphatic heterocycles. The summed E-state index contributed by atoms with van der Waals surface area (Å²) in [4.78, 5) is 14.6. The number of aliphatic carboxylic acids is 1. The quantitative estimate of drug-likeness (QED) is 0.616. The molecule has 0 radical (unpaired) electrons. The Labute approximate surface area is 97.2 Å². The van der Waals surface area contributed by atoms with Crippen LogP contribution in [0.25, 0.3) is 0 Å². The van der Waals surface area contributed by atoms with Crippen molar-refractivity contribution in [3.8, 4) is 0 Å². The molecule has 0 fully saturated rings. The van der Waals surface area contributed by atoms with Gasteiger partial charge in [0.1, 0.15) is 4.34 Å². The van der Waals surface area contributed by atoms with Crippen molar-refractivity contribution in [2.24, 2.45) is 0 Å². The smallest absolute Gasteiger partial charge is 0.309 e. The van der Waals surface area contributed by atoms with Crippen molar-refractivity contribution in [2.45, 2.75) is 24.1 Å². The molecule has 5 heteroatoms. The van der Waals surface area contributed by atoms with E-state index in [1.165, 1.54) is 11.3 Å². The Morgan fingerprint density at radius 2 is 2.47 bits per heavy atom. The molecule has 0 spiro atoms. The lowest BCUT2D eigenvalue weighted by atomic mass is 10.3. The number of aromatic nitrogens is 1. The predicted molar refractivity (Wildman–Crippen MR) is 63.6 cm³/mol. The monoisotopic (exact) mass is 243 g/mol. The van der Waals surface area contributed by atoms with Crippen molar-refractivity contribution < 1.29 is 9.90 Å². The minimum Gasteiger partial charge on any atom is -0.481 e. The molecule has 1 aromatic heterocycles. The molecule has 15 heavy (non-hydrogen) atoms. The lowest BCUT2D eigenvalue weighted by Gasteiger charge is -1.96. The lowest BCUT2D eigenvalue weighted by Crippen LogP contribution is -1.99. The number of hydrogen-bond donors (Lipinski definition) is 1. The van der Waals surface area contributed by atoms with Gasteiger partial charge in [0.15, 0.2) is 0 Å². The molecule has 0 unspecified atom stereocenters. The van der Waals surface area contributed by atoms with Gasteiger partial charge in [0.25, 0.3) is 0 Å². The van der Waals surface area contributed by atoms with Gasteiger partial charge >= 0.3 is 5.97 Å². The third-order valence-electron chi connectivity index (χ3n) is 1.62. The van der Waals surface area contributed by atoms with E-state index in [1.54, 1.807) is 17.1 Å². The van der Waals surface area contributed by atoms with Crippen molar-refractivity contribution in [3.63, 3.8) is 0 Å². The van der Waals surface area contributed by atoms with Crippen LogP contribution in [-0.4, -0.2) is 21.8 Å². The fourth-order valence-corrected chi connectivity index (χ4v) is 2.92. The Kier molecular flexibility index (Phi) is 4.84. The van der Waals surface area contributed by atoms with Crippen molar-refractivity contribution in [3.05, 3.63) is 23.2 Å². The summed E-state index contributed by atoms with van der Waals surface area (Å²) in [7, 11) is 0. The second-order valence-corrected chi connectivity index (χ2v) is 5.43. The van der Waals surface area contributed by atoms with Crippen LogP contribution in [0.3, 0.4) is 0 Å². The molecular formula is C10H13NO2S2. The first kappa shape index (κ1) is 12.3. The molecule has 1 aromatic rings. The van der Waals surface area contributed by atoms with Gasteiger partial charge in [-0.25, -0.2) is 4.98 Å². The zero-order valence-corrected chi connectivity index (χ0v) is 10.2. The van der Waals surface area contributed by atoms with E-state index in [9.17, 15) is 4.79 Å². The van der Waals surface area contributed by atoms with Gasteiger partial charge in [-0.2, -0.15) is 0 Å². The van der Waals surface area contributed by atoms with Crippen LogP contribution in [0.4, 0.5) is 0 Å². The summed E-state index contributed by atoms with van der Waals surface area (Å²) in [6.45, 7) is 5.82. The first-order valence-corrected chi connectivity index (χ1v) is 6.38. The van der Waals surface area contributed by atoms with E-state index in [0.717, 1.165) is 22.1 Å². The van der Waals surface area contributed by atoms with Crippen molar-refractivity contribution in [1.29, 1.82) is 0 Å². The molecule has 0 aliphatic rings. The molecule has 0 aliphatic carbocycles. The van der Waals surface area contributed by atoms with E-state index >= 15 is 0 Å². The van der Waals surface area contributed by atoms with Gasteiger partial charge in [0.05, 0.1) is 12.1 Å². The van der Waals surface area contributed by atoms with Crippen LogP contribution in [-0.2, 0) is 11.2 Å². The SMILES string of the molecule is C=C(C)CCSc1nc(CC(=O)O)cs1. The number of allylic oxidation sites excluding steroid dienone is 1. The molecule has 3 nitrogen and oxygen atoms in total. The molecule has 0 saturated heterocycles. The van der Waals surface area contributed by atoms with Crippen LogP contribution in [0.1, 0.15) is 19.0 Å². The van der Waals surface area contributed by atoms with Gasteiger partial charge in [-0.15, -0.1) is 17.9 Å². The van der Waals surface area contributed by atoms with Crippen LogP contribution >= 0.6 is 23.1 Å². The Morgan fingerprint density at radius 3 is 3.07 bits per heavy atom. The standard InChI is InChI=1S/C10H13NO2S2/c1-7(2)3-4-14-10-11-8(6-15-10)5-9(12)13/h6H,1,3-5H2,2H3,(H,12,13). The van der Waals surface area contributed by atoms with Crippen LogP contribution in [0.2, 0.25) is 0 Å². The molecule has 0 saturated carbocycles. The van der Waals surface area contributed by atoms with E-state index in [4.69, 9.17) is 5.11 Å².